The zero-order chi connectivity index (χ0) is 15.3. The van der Waals surface area contributed by atoms with E-state index in [0.29, 0.717) is 5.69 Å². The van der Waals surface area contributed by atoms with Crippen LogP contribution < -0.4 is 10.0 Å². The first-order valence-corrected chi connectivity index (χ1v) is 7.87. The third-order valence-corrected chi connectivity index (χ3v) is 4.23. The number of nitrogens with one attached hydrogen (secondary N) is 2. The molecule has 0 unspecified atom stereocenters. The van der Waals surface area contributed by atoms with Crippen LogP contribution in [0.2, 0.25) is 0 Å². The highest BCUT2D eigenvalue weighted by Gasteiger charge is 2.14. The molecule has 0 saturated heterocycles. The van der Waals surface area contributed by atoms with Gasteiger partial charge in [-0.2, -0.15) is 0 Å². The molecule has 2 aromatic carbocycles. The highest BCUT2D eigenvalue weighted by molar-refractivity contribution is 7.89. The number of hydrogen-bond acceptors (Lipinski definition) is 3. The van der Waals surface area contributed by atoms with Crippen molar-refractivity contribution in [3.05, 3.63) is 60.2 Å². The first-order valence-electron chi connectivity index (χ1n) is 6.38. The second-order valence-corrected chi connectivity index (χ2v) is 6.32. The monoisotopic (exact) mass is 304 g/mol. The van der Waals surface area contributed by atoms with E-state index in [1.54, 1.807) is 30.3 Å². The van der Waals surface area contributed by atoms with Gasteiger partial charge in [0.15, 0.2) is 0 Å². The van der Waals surface area contributed by atoms with Crippen LogP contribution in [0.1, 0.15) is 5.56 Å². The SMILES string of the molecule is Cc1ccc(NC(=O)CNS(=O)(=O)c2ccccc2)cc1. The molecular formula is C15H16N2O3S. The average Bonchev–Trinajstić information content (AvgIpc) is 2.49. The third kappa shape index (κ3) is 4.40. The molecule has 0 fully saturated rings. The van der Waals surface area contributed by atoms with E-state index in [4.69, 9.17) is 0 Å². The fourth-order valence-corrected chi connectivity index (χ4v) is 2.69. The molecule has 2 rings (SSSR count). The van der Waals surface area contributed by atoms with E-state index in [1.807, 2.05) is 19.1 Å². The summed E-state index contributed by atoms with van der Waals surface area (Å²) in [5.41, 5.74) is 1.71. The lowest BCUT2D eigenvalue weighted by molar-refractivity contribution is -0.115. The number of aryl methyl sites for hydroxylation is 1. The van der Waals surface area contributed by atoms with Crippen molar-refractivity contribution >= 4 is 21.6 Å². The number of amides is 1. The Labute approximate surface area is 124 Å². The molecule has 0 radical (unpaired) electrons. The summed E-state index contributed by atoms with van der Waals surface area (Å²) >= 11 is 0. The fraction of sp³-hybridized carbons (Fsp3) is 0.133. The standard InChI is InChI=1S/C15H16N2O3S/c1-12-7-9-13(10-8-12)17-15(18)11-16-21(19,20)14-5-3-2-4-6-14/h2-10,16H,11H2,1H3,(H,17,18). The van der Waals surface area contributed by atoms with E-state index in [1.165, 1.54) is 12.1 Å². The summed E-state index contributed by atoms with van der Waals surface area (Å²) in [5, 5.41) is 2.63. The number of hydrogen-bond donors (Lipinski definition) is 2. The molecule has 0 aliphatic rings. The van der Waals surface area contributed by atoms with E-state index in [0.717, 1.165) is 5.56 Å². The average molecular weight is 304 g/mol. The normalized spacial score (nSPS) is 11.1. The maximum absolute atomic E-state index is 11.9. The molecule has 0 bridgehead atoms. The van der Waals surface area contributed by atoms with Crippen LogP contribution >= 0.6 is 0 Å². The molecule has 0 spiro atoms. The van der Waals surface area contributed by atoms with Gasteiger partial charge in [-0.05, 0) is 31.2 Å². The molecule has 0 saturated carbocycles. The molecule has 0 heterocycles. The van der Waals surface area contributed by atoms with Crippen molar-refractivity contribution in [2.75, 3.05) is 11.9 Å². The second-order valence-electron chi connectivity index (χ2n) is 4.55. The first-order chi connectivity index (χ1) is 9.97. The van der Waals surface area contributed by atoms with Gasteiger partial charge >= 0.3 is 0 Å². The van der Waals surface area contributed by atoms with Gasteiger partial charge in [0.2, 0.25) is 15.9 Å². The lowest BCUT2D eigenvalue weighted by atomic mass is 10.2. The van der Waals surface area contributed by atoms with Crippen molar-refractivity contribution in [3.8, 4) is 0 Å². The van der Waals surface area contributed by atoms with Gasteiger partial charge in [0, 0.05) is 5.69 Å². The summed E-state index contributed by atoms with van der Waals surface area (Å²) in [4.78, 5) is 11.9. The van der Waals surface area contributed by atoms with Crippen molar-refractivity contribution in [1.29, 1.82) is 0 Å². The summed E-state index contributed by atoms with van der Waals surface area (Å²) in [7, 11) is -3.67. The zero-order valence-electron chi connectivity index (χ0n) is 11.5. The van der Waals surface area contributed by atoms with Gasteiger partial charge in [-0.25, -0.2) is 13.1 Å². The van der Waals surface area contributed by atoms with Gasteiger partial charge in [-0.15, -0.1) is 0 Å². The smallest absolute Gasteiger partial charge is 0.241 e. The first kappa shape index (κ1) is 15.2. The number of sulfonamides is 1. The molecule has 1 amide bonds. The quantitative estimate of drug-likeness (QED) is 0.886. The van der Waals surface area contributed by atoms with E-state index < -0.39 is 15.9 Å². The Bertz CT molecular complexity index is 710. The second kappa shape index (κ2) is 6.51. The Morgan fingerprint density at radius 1 is 1.00 bits per heavy atom. The molecule has 0 atom stereocenters. The Hall–Kier alpha value is -2.18. The molecular weight excluding hydrogens is 288 g/mol. The van der Waals surface area contributed by atoms with E-state index in [-0.39, 0.29) is 11.4 Å². The van der Waals surface area contributed by atoms with Crippen LogP contribution in [-0.4, -0.2) is 20.9 Å². The van der Waals surface area contributed by atoms with Crippen molar-refractivity contribution in [2.45, 2.75) is 11.8 Å². The third-order valence-electron chi connectivity index (χ3n) is 2.81. The van der Waals surface area contributed by atoms with Crippen LogP contribution in [0.3, 0.4) is 0 Å². The molecule has 0 aromatic heterocycles. The number of anilines is 1. The minimum absolute atomic E-state index is 0.133. The lowest BCUT2D eigenvalue weighted by Crippen LogP contribution is -2.32. The van der Waals surface area contributed by atoms with Crippen LogP contribution in [0, 0.1) is 6.92 Å². The van der Waals surface area contributed by atoms with Crippen molar-refractivity contribution in [1.82, 2.24) is 4.72 Å². The van der Waals surface area contributed by atoms with Crippen molar-refractivity contribution < 1.29 is 13.2 Å². The zero-order valence-corrected chi connectivity index (χ0v) is 12.4. The lowest BCUT2D eigenvalue weighted by Gasteiger charge is -2.08. The summed E-state index contributed by atoms with van der Waals surface area (Å²) in [5.74, 6) is -0.418. The minimum atomic E-state index is -3.67. The van der Waals surface area contributed by atoms with Crippen LogP contribution in [0.25, 0.3) is 0 Å². The Kier molecular flexibility index (Phi) is 4.72. The summed E-state index contributed by atoms with van der Waals surface area (Å²) in [6.07, 6.45) is 0. The van der Waals surface area contributed by atoms with Gasteiger partial charge in [0.05, 0.1) is 11.4 Å². The summed E-state index contributed by atoms with van der Waals surface area (Å²) in [6.45, 7) is 1.63. The molecule has 6 heteroatoms. The predicted octanol–water partition coefficient (Wildman–Crippen LogP) is 1.91. The van der Waals surface area contributed by atoms with Gasteiger partial charge in [0.1, 0.15) is 0 Å². The number of benzene rings is 2. The molecule has 0 aliphatic carbocycles. The fourth-order valence-electron chi connectivity index (χ4n) is 1.69. The van der Waals surface area contributed by atoms with Crippen molar-refractivity contribution in [2.24, 2.45) is 0 Å². The van der Waals surface area contributed by atoms with Gasteiger partial charge < -0.3 is 5.32 Å². The predicted molar refractivity (Wildman–Crippen MR) is 81.4 cm³/mol. The number of rotatable bonds is 5. The van der Waals surface area contributed by atoms with E-state index in [2.05, 4.69) is 10.0 Å². The molecule has 110 valence electrons. The van der Waals surface area contributed by atoms with Crippen LogP contribution in [0.15, 0.2) is 59.5 Å². The van der Waals surface area contributed by atoms with Gasteiger partial charge in [-0.3, -0.25) is 4.79 Å². The maximum atomic E-state index is 11.9. The van der Waals surface area contributed by atoms with Crippen molar-refractivity contribution in [3.63, 3.8) is 0 Å². The van der Waals surface area contributed by atoms with Crippen LogP contribution in [0.5, 0.6) is 0 Å². The number of carbonyl (C=O) groups is 1. The van der Waals surface area contributed by atoms with Crippen LogP contribution in [0.4, 0.5) is 5.69 Å². The van der Waals surface area contributed by atoms with Gasteiger partial charge in [0.25, 0.3) is 0 Å². The largest absolute Gasteiger partial charge is 0.325 e. The molecule has 2 N–H and O–H groups in total. The Balaban J connectivity index is 1.93. The number of carbonyl (C=O) groups excluding carboxylic acids is 1. The van der Waals surface area contributed by atoms with Crippen LogP contribution in [-0.2, 0) is 14.8 Å². The van der Waals surface area contributed by atoms with Gasteiger partial charge in [-0.1, -0.05) is 35.9 Å². The summed E-state index contributed by atoms with van der Waals surface area (Å²) < 4.78 is 26.2. The molecule has 0 aliphatic heterocycles. The molecule has 2 aromatic rings. The minimum Gasteiger partial charge on any atom is -0.325 e. The Morgan fingerprint density at radius 3 is 2.24 bits per heavy atom. The Morgan fingerprint density at radius 2 is 1.62 bits per heavy atom. The van der Waals surface area contributed by atoms with E-state index >= 15 is 0 Å². The molecule has 5 nitrogen and oxygen atoms in total. The highest BCUT2D eigenvalue weighted by Crippen LogP contribution is 2.09. The summed E-state index contributed by atoms with van der Waals surface area (Å²) in [6, 6.07) is 15.2. The van der Waals surface area contributed by atoms with E-state index in [9.17, 15) is 13.2 Å². The molecule has 21 heavy (non-hydrogen) atoms. The highest BCUT2D eigenvalue weighted by atomic mass is 32.2. The maximum Gasteiger partial charge on any atom is 0.241 e. The topological polar surface area (TPSA) is 75.3 Å².